The highest BCUT2D eigenvalue weighted by Crippen LogP contribution is 2.29. The number of hydrogen-bond donors (Lipinski definition) is 1. The first-order chi connectivity index (χ1) is 11.2. The molecule has 8 heteroatoms. The Bertz CT molecular complexity index is 726. The lowest BCUT2D eigenvalue weighted by atomic mass is 10.3. The zero-order chi connectivity index (χ0) is 16.2. The lowest BCUT2D eigenvalue weighted by molar-refractivity contribution is -0.113. The number of anilines is 1. The van der Waals surface area contributed by atoms with Gasteiger partial charge in [-0.3, -0.25) is 4.79 Å². The minimum atomic E-state index is -0.0810. The molecule has 0 bridgehead atoms. The largest absolute Gasteiger partial charge is 0.497 e. The number of benzene rings is 1. The molecule has 0 saturated carbocycles. The lowest BCUT2D eigenvalue weighted by Crippen LogP contribution is -2.25. The fourth-order valence-corrected chi connectivity index (χ4v) is 4.32. The van der Waals surface area contributed by atoms with Crippen LogP contribution in [0.15, 0.2) is 18.2 Å². The van der Waals surface area contributed by atoms with E-state index in [1.807, 2.05) is 18.2 Å². The number of rotatable bonds is 4. The minimum absolute atomic E-state index is 0.0810. The molecular weight excluding hydrogens is 350 g/mol. The molecule has 0 spiro atoms. The molecule has 0 unspecified atom stereocenters. The second-order valence-corrected chi connectivity index (χ2v) is 7.79. The van der Waals surface area contributed by atoms with E-state index in [0.29, 0.717) is 10.9 Å². The maximum atomic E-state index is 12.1. The van der Waals surface area contributed by atoms with Crippen LogP contribution in [0.1, 0.15) is 12.8 Å². The third-order valence-electron chi connectivity index (χ3n) is 3.53. The fraction of sp³-hybridized carbons (Fsp3) is 0.400. The van der Waals surface area contributed by atoms with Crippen LogP contribution >= 0.6 is 35.3 Å². The summed E-state index contributed by atoms with van der Waals surface area (Å²) in [5, 5.41) is 3.45. The first-order valence-corrected chi connectivity index (χ1v) is 9.53. The number of carbonyl (C=O) groups is 1. The van der Waals surface area contributed by atoms with E-state index in [1.165, 1.54) is 35.9 Å². The van der Waals surface area contributed by atoms with Crippen LogP contribution < -0.4 is 10.1 Å². The van der Waals surface area contributed by atoms with Gasteiger partial charge in [-0.25, -0.2) is 4.98 Å². The van der Waals surface area contributed by atoms with Crippen molar-refractivity contribution < 1.29 is 9.53 Å². The van der Waals surface area contributed by atoms with Gasteiger partial charge in [-0.05, 0) is 31.0 Å². The molecule has 2 heterocycles. The van der Waals surface area contributed by atoms with Crippen LogP contribution in [0, 0.1) is 0 Å². The molecule has 0 aliphatic carbocycles. The number of nitrogens with zero attached hydrogens (tertiary/aromatic N) is 2. The molecule has 1 N–H and O–H groups in total. The number of ether oxygens (including phenoxy) is 1. The second kappa shape index (κ2) is 7.46. The van der Waals surface area contributed by atoms with Gasteiger partial charge in [-0.15, -0.1) is 0 Å². The van der Waals surface area contributed by atoms with Crippen molar-refractivity contribution in [3.63, 3.8) is 0 Å². The quantitative estimate of drug-likeness (QED) is 0.837. The van der Waals surface area contributed by atoms with Crippen LogP contribution in [0.5, 0.6) is 5.75 Å². The summed E-state index contributed by atoms with van der Waals surface area (Å²) in [6, 6.07) is 5.66. The van der Waals surface area contributed by atoms with Gasteiger partial charge in [0.1, 0.15) is 10.1 Å². The van der Waals surface area contributed by atoms with Gasteiger partial charge in [0.25, 0.3) is 0 Å². The highest BCUT2D eigenvalue weighted by molar-refractivity contribution is 8.23. The molecule has 1 aliphatic rings. The molecule has 0 radical (unpaired) electrons. The number of thiocarbonyl (C=S) groups is 1. The van der Waals surface area contributed by atoms with Crippen LogP contribution in [0.25, 0.3) is 10.2 Å². The van der Waals surface area contributed by atoms with Crippen molar-refractivity contribution in [2.24, 2.45) is 0 Å². The first-order valence-electron chi connectivity index (χ1n) is 7.32. The standard InChI is InChI=1S/C15H17N3O2S3/c1-20-10-4-5-11-12(8-10)23-14(16-11)17-13(19)9-22-15(21)18-6-2-3-7-18/h4-5,8H,2-3,6-7,9H2,1H3,(H,16,17,19). The van der Waals surface area contributed by atoms with Crippen LogP contribution in [0.4, 0.5) is 5.13 Å². The Kier molecular flexibility index (Phi) is 5.34. The van der Waals surface area contributed by atoms with Gasteiger partial charge >= 0.3 is 0 Å². The zero-order valence-corrected chi connectivity index (χ0v) is 15.2. The molecule has 1 amide bonds. The van der Waals surface area contributed by atoms with Crippen LogP contribution in [-0.2, 0) is 4.79 Å². The van der Waals surface area contributed by atoms with Gasteiger partial charge in [-0.2, -0.15) is 0 Å². The summed E-state index contributed by atoms with van der Waals surface area (Å²) >= 11 is 8.21. The second-order valence-electron chi connectivity index (χ2n) is 5.15. The lowest BCUT2D eigenvalue weighted by Gasteiger charge is -2.17. The SMILES string of the molecule is COc1ccc2nc(NC(=O)CSC(=S)N3CCCC3)sc2c1. The molecule has 122 valence electrons. The summed E-state index contributed by atoms with van der Waals surface area (Å²) in [7, 11) is 1.63. The molecule has 23 heavy (non-hydrogen) atoms. The van der Waals surface area contributed by atoms with E-state index in [4.69, 9.17) is 17.0 Å². The highest BCUT2D eigenvalue weighted by Gasteiger charge is 2.16. The Hall–Kier alpha value is -1.38. The normalized spacial score (nSPS) is 14.2. The van der Waals surface area contributed by atoms with E-state index in [-0.39, 0.29) is 5.91 Å². The average Bonchev–Trinajstić information content (AvgIpc) is 3.20. The Balaban J connectivity index is 1.56. The van der Waals surface area contributed by atoms with Crippen molar-refractivity contribution in [3.05, 3.63) is 18.2 Å². The van der Waals surface area contributed by atoms with E-state index >= 15 is 0 Å². The summed E-state index contributed by atoms with van der Waals surface area (Å²) < 4.78 is 6.99. The number of amides is 1. The molecule has 5 nitrogen and oxygen atoms in total. The maximum Gasteiger partial charge on any atom is 0.236 e. The number of thiazole rings is 1. The number of hydrogen-bond acceptors (Lipinski definition) is 6. The predicted octanol–water partition coefficient (Wildman–Crippen LogP) is 3.36. The highest BCUT2D eigenvalue weighted by atomic mass is 32.2. The van der Waals surface area contributed by atoms with Gasteiger partial charge in [0.05, 0.1) is 23.1 Å². The van der Waals surface area contributed by atoms with E-state index in [0.717, 1.165) is 33.4 Å². The van der Waals surface area contributed by atoms with E-state index in [1.54, 1.807) is 7.11 Å². The molecule has 2 aromatic rings. The topological polar surface area (TPSA) is 54.5 Å². The van der Waals surface area contributed by atoms with Crippen molar-refractivity contribution >= 4 is 60.9 Å². The van der Waals surface area contributed by atoms with Crippen LogP contribution in [-0.4, -0.2) is 46.1 Å². The number of methoxy groups -OCH3 is 1. The van der Waals surface area contributed by atoms with E-state index in [2.05, 4.69) is 15.2 Å². The van der Waals surface area contributed by atoms with Crippen molar-refractivity contribution in [1.82, 2.24) is 9.88 Å². The zero-order valence-electron chi connectivity index (χ0n) is 12.7. The number of aromatic nitrogens is 1. The molecule has 1 saturated heterocycles. The van der Waals surface area contributed by atoms with E-state index in [9.17, 15) is 4.79 Å². The Morgan fingerprint density at radius 1 is 1.48 bits per heavy atom. The van der Waals surface area contributed by atoms with Crippen molar-refractivity contribution in [1.29, 1.82) is 0 Å². The summed E-state index contributed by atoms with van der Waals surface area (Å²) in [6.45, 7) is 2.01. The number of likely N-dealkylation sites (tertiary alicyclic amines) is 1. The van der Waals surface area contributed by atoms with Crippen molar-refractivity contribution in [2.75, 3.05) is 31.3 Å². The minimum Gasteiger partial charge on any atom is -0.497 e. The number of carbonyl (C=O) groups excluding carboxylic acids is 1. The predicted molar refractivity (Wildman–Crippen MR) is 101 cm³/mol. The van der Waals surface area contributed by atoms with Crippen molar-refractivity contribution in [2.45, 2.75) is 12.8 Å². The van der Waals surface area contributed by atoms with E-state index < -0.39 is 0 Å². The third kappa shape index (κ3) is 4.13. The Morgan fingerprint density at radius 2 is 2.26 bits per heavy atom. The fourth-order valence-electron chi connectivity index (χ4n) is 2.36. The van der Waals surface area contributed by atoms with Gasteiger partial charge < -0.3 is 15.0 Å². The Labute approximate surface area is 148 Å². The first kappa shape index (κ1) is 16.5. The molecule has 1 aliphatic heterocycles. The number of fused-ring (bicyclic) bond motifs is 1. The van der Waals surface area contributed by atoms with Gasteiger partial charge in [0.15, 0.2) is 5.13 Å². The summed E-state index contributed by atoms with van der Waals surface area (Å²) in [5.74, 6) is 1.02. The molecule has 3 rings (SSSR count). The summed E-state index contributed by atoms with van der Waals surface area (Å²) in [5.41, 5.74) is 0.853. The Morgan fingerprint density at radius 3 is 3.00 bits per heavy atom. The van der Waals surface area contributed by atoms with Gasteiger partial charge in [-0.1, -0.05) is 35.3 Å². The van der Waals surface area contributed by atoms with Crippen LogP contribution in [0.2, 0.25) is 0 Å². The van der Waals surface area contributed by atoms with Crippen LogP contribution in [0.3, 0.4) is 0 Å². The number of thioether (sulfide) groups is 1. The molecular formula is C15H17N3O2S3. The van der Waals surface area contributed by atoms with Gasteiger partial charge in [0, 0.05) is 13.1 Å². The summed E-state index contributed by atoms with van der Waals surface area (Å²) in [6.07, 6.45) is 2.37. The third-order valence-corrected chi connectivity index (χ3v) is 5.99. The smallest absolute Gasteiger partial charge is 0.236 e. The molecule has 0 atom stereocenters. The average molecular weight is 368 g/mol. The molecule has 1 fully saturated rings. The monoisotopic (exact) mass is 367 g/mol. The maximum absolute atomic E-state index is 12.1. The number of nitrogens with one attached hydrogen (secondary N) is 1. The van der Waals surface area contributed by atoms with Crippen molar-refractivity contribution in [3.8, 4) is 5.75 Å². The molecule has 1 aromatic carbocycles. The summed E-state index contributed by atoms with van der Waals surface area (Å²) in [4.78, 5) is 18.6. The van der Waals surface area contributed by atoms with Gasteiger partial charge in [0.2, 0.25) is 5.91 Å². The molecule has 1 aromatic heterocycles.